The Kier molecular flexibility index (Phi) is 5.14. The molecular formula is C11H18BrN3O2. The Morgan fingerprint density at radius 1 is 1.47 bits per heavy atom. The van der Waals surface area contributed by atoms with Crippen molar-refractivity contribution in [2.24, 2.45) is 0 Å². The zero-order chi connectivity index (χ0) is 12.9. The highest BCUT2D eigenvalue weighted by Crippen LogP contribution is 2.23. The molecule has 5 nitrogen and oxygen atoms in total. The Hall–Kier alpha value is -0.880. The van der Waals surface area contributed by atoms with Gasteiger partial charge in [-0.25, -0.2) is 4.98 Å². The van der Waals surface area contributed by atoms with Crippen LogP contribution < -0.4 is 10.1 Å². The molecule has 1 heterocycles. The number of hydrogen-bond acceptors (Lipinski definition) is 5. The van der Waals surface area contributed by atoms with E-state index in [1.54, 1.807) is 20.4 Å². The van der Waals surface area contributed by atoms with E-state index in [0.29, 0.717) is 18.4 Å². The van der Waals surface area contributed by atoms with Crippen molar-refractivity contribution in [1.29, 1.82) is 0 Å². The van der Waals surface area contributed by atoms with Crippen LogP contribution in [-0.4, -0.2) is 36.3 Å². The van der Waals surface area contributed by atoms with Crippen molar-refractivity contribution in [3.05, 3.63) is 10.7 Å². The third-order valence-electron chi connectivity index (χ3n) is 2.43. The number of hydrogen-bond donors (Lipinski definition) is 1. The fraction of sp³-hybridized carbons (Fsp3) is 0.636. The molecule has 0 bridgehead atoms. The molecule has 0 aliphatic heterocycles. The van der Waals surface area contributed by atoms with Crippen LogP contribution in [0, 0.1) is 0 Å². The van der Waals surface area contributed by atoms with Gasteiger partial charge in [-0.05, 0) is 29.8 Å². The molecule has 1 aromatic rings. The average molecular weight is 304 g/mol. The first-order valence-corrected chi connectivity index (χ1v) is 6.16. The van der Waals surface area contributed by atoms with Crippen LogP contribution in [0.15, 0.2) is 10.7 Å². The molecule has 0 spiro atoms. The van der Waals surface area contributed by atoms with Gasteiger partial charge in [0, 0.05) is 20.6 Å². The van der Waals surface area contributed by atoms with Gasteiger partial charge in [0.15, 0.2) is 0 Å². The molecule has 0 saturated carbocycles. The van der Waals surface area contributed by atoms with Crippen molar-refractivity contribution in [3.63, 3.8) is 0 Å². The summed E-state index contributed by atoms with van der Waals surface area (Å²) in [5.41, 5.74) is -0.189. The molecule has 17 heavy (non-hydrogen) atoms. The second-order valence-electron chi connectivity index (χ2n) is 4.16. The van der Waals surface area contributed by atoms with Gasteiger partial charge in [-0.3, -0.25) is 0 Å². The summed E-state index contributed by atoms with van der Waals surface area (Å²) in [5.74, 6) is 1.07. The van der Waals surface area contributed by atoms with Crippen molar-refractivity contribution >= 4 is 21.9 Å². The van der Waals surface area contributed by atoms with E-state index in [4.69, 9.17) is 9.47 Å². The third-order valence-corrected chi connectivity index (χ3v) is 2.97. The molecule has 0 radical (unpaired) electrons. The molecule has 0 unspecified atom stereocenters. The van der Waals surface area contributed by atoms with Crippen molar-refractivity contribution in [3.8, 4) is 5.88 Å². The summed E-state index contributed by atoms with van der Waals surface area (Å²) in [6.45, 7) is 4.58. The SMILES string of the molecule is CNc1ncc(Br)c(OCCC(C)(C)OC)n1. The summed E-state index contributed by atoms with van der Waals surface area (Å²) in [5, 5.41) is 2.86. The number of nitrogens with zero attached hydrogens (tertiary/aromatic N) is 2. The highest BCUT2D eigenvalue weighted by Gasteiger charge is 2.16. The molecule has 1 rings (SSSR count). The molecule has 0 saturated heterocycles. The van der Waals surface area contributed by atoms with Crippen LogP contribution in [0.4, 0.5) is 5.95 Å². The Labute approximate surface area is 110 Å². The number of rotatable bonds is 6. The molecule has 0 aliphatic carbocycles. The lowest BCUT2D eigenvalue weighted by molar-refractivity contribution is 0.00502. The van der Waals surface area contributed by atoms with Crippen molar-refractivity contribution in [2.75, 3.05) is 26.1 Å². The molecule has 0 fully saturated rings. The number of aromatic nitrogens is 2. The largest absolute Gasteiger partial charge is 0.477 e. The standard InChI is InChI=1S/C11H18BrN3O2/c1-11(2,16-4)5-6-17-9-8(12)7-14-10(13-3)15-9/h7H,5-6H2,1-4H3,(H,13,14,15). The molecule has 0 aromatic carbocycles. The van der Waals surface area contributed by atoms with E-state index in [2.05, 4.69) is 31.2 Å². The Balaban J connectivity index is 2.57. The molecule has 0 atom stereocenters. The van der Waals surface area contributed by atoms with Gasteiger partial charge < -0.3 is 14.8 Å². The minimum atomic E-state index is -0.189. The Bertz CT molecular complexity index is 372. The van der Waals surface area contributed by atoms with E-state index in [-0.39, 0.29) is 5.60 Å². The normalized spacial score (nSPS) is 11.4. The van der Waals surface area contributed by atoms with E-state index in [9.17, 15) is 0 Å². The maximum atomic E-state index is 5.60. The van der Waals surface area contributed by atoms with Crippen LogP contribution in [0.25, 0.3) is 0 Å². The van der Waals surface area contributed by atoms with Gasteiger partial charge in [-0.1, -0.05) is 0 Å². The molecule has 6 heteroatoms. The summed E-state index contributed by atoms with van der Waals surface area (Å²) < 4.78 is 11.7. The van der Waals surface area contributed by atoms with Gasteiger partial charge >= 0.3 is 0 Å². The fourth-order valence-corrected chi connectivity index (χ4v) is 1.37. The quantitative estimate of drug-likeness (QED) is 0.875. The Morgan fingerprint density at radius 2 is 2.18 bits per heavy atom. The summed E-state index contributed by atoms with van der Waals surface area (Å²) >= 11 is 3.35. The number of anilines is 1. The second kappa shape index (κ2) is 6.16. The first-order valence-electron chi connectivity index (χ1n) is 5.37. The fourth-order valence-electron chi connectivity index (χ4n) is 1.07. The predicted molar refractivity (Wildman–Crippen MR) is 70.5 cm³/mol. The lowest BCUT2D eigenvalue weighted by atomic mass is 10.1. The zero-order valence-electron chi connectivity index (χ0n) is 10.6. The predicted octanol–water partition coefficient (Wildman–Crippen LogP) is 2.47. The van der Waals surface area contributed by atoms with Crippen molar-refractivity contribution < 1.29 is 9.47 Å². The first kappa shape index (κ1) is 14.2. The lowest BCUT2D eigenvalue weighted by Gasteiger charge is -2.22. The highest BCUT2D eigenvalue weighted by molar-refractivity contribution is 9.10. The number of nitrogens with one attached hydrogen (secondary N) is 1. The molecule has 1 aromatic heterocycles. The highest BCUT2D eigenvalue weighted by atomic mass is 79.9. The van der Waals surface area contributed by atoms with Crippen LogP contribution in [0.2, 0.25) is 0 Å². The minimum Gasteiger partial charge on any atom is -0.477 e. The summed E-state index contributed by atoms with van der Waals surface area (Å²) in [6, 6.07) is 0. The monoisotopic (exact) mass is 303 g/mol. The summed E-state index contributed by atoms with van der Waals surface area (Å²) in [7, 11) is 3.46. The van der Waals surface area contributed by atoms with E-state index < -0.39 is 0 Å². The van der Waals surface area contributed by atoms with Crippen molar-refractivity contribution in [1.82, 2.24) is 9.97 Å². The minimum absolute atomic E-state index is 0.189. The van der Waals surface area contributed by atoms with Gasteiger partial charge in [0.25, 0.3) is 0 Å². The van der Waals surface area contributed by atoms with Gasteiger partial charge in [0.1, 0.15) is 0 Å². The lowest BCUT2D eigenvalue weighted by Crippen LogP contribution is -2.25. The number of ether oxygens (including phenoxy) is 2. The van der Waals surface area contributed by atoms with E-state index in [0.717, 1.165) is 10.9 Å². The van der Waals surface area contributed by atoms with Crippen molar-refractivity contribution in [2.45, 2.75) is 25.9 Å². The maximum Gasteiger partial charge on any atom is 0.232 e. The molecule has 0 amide bonds. The van der Waals surface area contributed by atoms with Crippen LogP contribution in [0.1, 0.15) is 20.3 Å². The average Bonchev–Trinajstić information content (AvgIpc) is 2.31. The van der Waals surface area contributed by atoms with Gasteiger partial charge in [-0.15, -0.1) is 0 Å². The van der Waals surface area contributed by atoms with Crippen LogP contribution in [0.5, 0.6) is 5.88 Å². The molecular weight excluding hydrogens is 286 g/mol. The van der Waals surface area contributed by atoms with E-state index in [1.807, 2.05) is 13.8 Å². The molecule has 96 valence electrons. The number of halogens is 1. The first-order chi connectivity index (χ1) is 7.98. The van der Waals surface area contributed by atoms with Gasteiger partial charge in [0.05, 0.1) is 22.9 Å². The summed E-state index contributed by atoms with van der Waals surface area (Å²) in [4.78, 5) is 8.26. The van der Waals surface area contributed by atoms with Crippen LogP contribution in [0.3, 0.4) is 0 Å². The third kappa shape index (κ3) is 4.47. The maximum absolute atomic E-state index is 5.60. The number of methoxy groups -OCH3 is 1. The van der Waals surface area contributed by atoms with Gasteiger partial charge in [-0.2, -0.15) is 4.98 Å². The second-order valence-corrected chi connectivity index (χ2v) is 5.01. The zero-order valence-corrected chi connectivity index (χ0v) is 12.2. The van der Waals surface area contributed by atoms with E-state index >= 15 is 0 Å². The molecule has 0 aliphatic rings. The van der Waals surface area contributed by atoms with Crippen LogP contribution in [-0.2, 0) is 4.74 Å². The van der Waals surface area contributed by atoms with E-state index in [1.165, 1.54) is 0 Å². The Morgan fingerprint density at radius 3 is 2.76 bits per heavy atom. The molecule has 1 N–H and O–H groups in total. The smallest absolute Gasteiger partial charge is 0.232 e. The summed E-state index contributed by atoms with van der Waals surface area (Å²) in [6.07, 6.45) is 2.45. The van der Waals surface area contributed by atoms with Crippen LogP contribution >= 0.6 is 15.9 Å². The van der Waals surface area contributed by atoms with Gasteiger partial charge in [0.2, 0.25) is 11.8 Å². The topological polar surface area (TPSA) is 56.3 Å².